The minimum atomic E-state index is -1.39. The van der Waals surface area contributed by atoms with Crippen LogP contribution in [-0.4, -0.2) is 28.6 Å². The first kappa shape index (κ1) is 26.9. The molecule has 0 saturated carbocycles. The van der Waals surface area contributed by atoms with Crippen molar-refractivity contribution in [3.05, 3.63) is 24.3 Å². The van der Waals surface area contributed by atoms with Crippen LogP contribution in [0.15, 0.2) is 24.3 Å². The molecule has 2 N–H and O–H groups in total. The maximum absolute atomic E-state index is 11.7. The molecule has 0 spiro atoms. The lowest BCUT2D eigenvalue weighted by Crippen LogP contribution is -2.30. The van der Waals surface area contributed by atoms with Crippen molar-refractivity contribution >= 4 is 5.97 Å². The highest BCUT2D eigenvalue weighted by Crippen LogP contribution is 2.11. The van der Waals surface area contributed by atoms with E-state index in [1.165, 1.54) is 38.5 Å². The van der Waals surface area contributed by atoms with E-state index in [-0.39, 0.29) is 0 Å². The van der Waals surface area contributed by atoms with Crippen molar-refractivity contribution in [3.8, 4) is 0 Å². The topological polar surface area (TPSA) is 66.8 Å². The summed E-state index contributed by atoms with van der Waals surface area (Å²) < 4.78 is 4.88. The molecule has 0 heterocycles. The predicted octanol–water partition coefficient (Wildman–Crippen LogP) is 6.21. The van der Waals surface area contributed by atoms with E-state index in [2.05, 4.69) is 31.2 Å². The standard InChI is InChI=1S/C24H44O4/c1-3-5-7-8-9-10-11-12-13-14-15-16-17-18-19-21-23(26)28-24(27)22(25)20-6-4-2/h9-10,12-13,22,24-25,27H,3-8,11,14-21H2,1-2H3/b10-9-,13-12-. The van der Waals surface area contributed by atoms with Gasteiger partial charge in [0.25, 0.3) is 0 Å². The molecule has 2 atom stereocenters. The number of allylic oxidation sites excluding steroid dienone is 4. The smallest absolute Gasteiger partial charge is 0.308 e. The second kappa shape index (κ2) is 20.6. The molecule has 0 aromatic carbocycles. The number of carbonyl (C=O) groups is 1. The van der Waals surface area contributed by atoms with E-state index in [0.717, 1.165) is 44.9 Å². The second-order valence-corrected chi connectivity index (χ2v) is 7.57. The van der Waals surface area contributed by atoms with E-state index in [1.54, 1.807) is 0 Å². The van der Waals surface area contributed by atoms with Gasteiger partial charge in [-0.15, -0.1) is 0 Å². The third kappa shape index (κ3) is 18.2. The SMILES string of the molecule is CCCCC/C=C\C/C=C\CCCCCCCC(=O)OC(O)C(O)CCCC. The summed E-state index contributed by atoms with van der Waals surface area (Å²) in [5, 5.41) is 19.3. The molecular weight excluding hydrogens is 352 g/mol. The number of rotatable bonds is 19. The molecule has 0 aliphatic rings. The molecule has 0 bridgehead atoms. The van der Waals surface area contributed by atoms with Crippen LogP contribution in [-0.2, 0) is 9.53 Å². The average molecular weight is 397 g/mol. The van der Waals surface area contributed by atoms with E-state index < -0.39 is 18.4 Å². The number of aliphatic hydroxyl groups excluding tert-OH is 2. The van der Waals surface area contributed by atoms with Crippen molar-refractivity contribution in [2.24, 2.45) is 0 Å². The van der Waals surface area contributed by atoms with Gasteiger partial charge in [0.2, 0.25) is 6.29 Å². The molecule has 0 aliphatic carbocycles. The first-order valence-corrected chi connectivity index (χ1v) is 11.5. The van der Waals surface area contributed by atoms with Crippen molar-refractivity contribution < 1.29 is 19.7 Å². The van der Waals surface area contributed by atoms with Crippen LogP contribution >= 0.6 is 0 Å². The number of aliphatic hydroxyl groups is 2. The van der Waals surface area contributed by atoms with Gasteiger partial charge in [0.1, 0.15) is 6.10 Å². The summed E-state index contributed by atoms with van der Waals surface area (Å²) in [6, 6.07) is 0. The number of ether oxygens (including phenoxy) is 1. The van der Waals surface area contributed by atoms with Gasteiger partial charge in [0.05, 0.1) is 0 Å². The Labute approximate surface area is 173 Å². The van der Waals surface area contributed by atoms with Gasteiger partial charge in [-0.25, -0.2) is 0 Å². The Morgan fingerprint density at radius 2 is 1.36 bits per heavy atom. The zero-order valence-corrected chi connectivity index (χ0v) is 18.3. The number of hydrogen-bond donors (Lipinski definition) is 2. The number of hydrogen-bond acceptors (Lipinski definition) is 4. The van der Waals surface area contributed by atoms with Crippen LogP contribution < -0.4 is 0 Å². The largest absolute Gasteiger partial charge is 0.433 e. The summed E-state index contributed by atoms with van der Waals surface area (Å²) in [7, 11) is 0. The highest BCUT2D eigenvalue weighted by atomic mass is 16.6. The summed E-state index contributed by atoms with van der Waals surface area (Å²) in [6.45, 7) is 4.24. The zero-order valence-electron chi connectivity index (χ0n) is 18.3. The molecule has 28 heavy (non-hydrogen) atoms. The minimum Gasteiger partial charge on any atom is -0.433 e. The van der Waals surface area contributed by atoms with Gasteiger partial charge in [-0.05, 0) is 44.9 Å². The molecule has 0 aliphatic heterocycles. The van der Waals surface area contributed by atoms with Crippen LogP contribution in [0.25, 0.3) is 0 Å². The monoisotopic (exact) mass is 396 g/mol. The summed E-state index contributed by atoms with van der Waals surface area (Å²) >= 11 is 0. The third-order valence-electron chi connectivity index (χ3n) is 4.77. The van der Waals surface area contributed by atoms with Gasteiger partial charge in [-0.3, -0.25) is 4.79 Å². The Kier molecular flexibility index (Phi) is 19.8. The molecule has 0 aromatic heterocycles. The molecule has 4 heteroatoms. The lowest BCUT2D eigenvalue weighted by atomic mass is 10.1. The fourth-order valence-electron chi connectivity index (χ4n) is 2.91. The molecule has 0 fully saturated rings. The van der Waals surface area contributed by atoms with E-state index >= 15 is 0 Å². The Hall–Kier alpha value is -1.13. The molecule has 0 saturated heterocycles. The van der Waals surface area contributed by atoms with Crippen LogP contribution in [0.1, 0.15) is 110 Å². The zero-order chi connectivity index (χ0) is 20.9. The van der Waals surface area contributed by atoms with E-state index in [4.69, 9.17) is 4.74 Å². The van der Waals surface area contributed by atoms with Crippen molar-refractivity contribution in [3.63, 3.8) is 0 Å². The summed E-state index contributed by atoms with van der Waals surface area (Å²) in [5.41, 5.74) is 0. The first-order chi connectivity index (χ1) is 13.6. The fourth-order valence-corrected chi connectivity index (χ4v) is 2.91. The molecule has 164 valence electrons. The Morgan fingerprint density at radius 1 is 0.786 bits per heavy atom. The van der Waals surface area contributed by atoms with Gasteiger partial charge in [0.15, 0.2) is 0 Å². The van der Waals surface area contributed by atoms with Crippen LogP contribution in [0, 0.1) is 0 Å². The highest BCUT2D eigenvalue weighted by molar-refractivity contribution is 5.69. The lowest BCUT2D eigenvalue weighted by Gasteiger charge is -2.17. The van der Waals surface area contributed by atoms with Crippen molar-refractivity contribution in [2.75, 3.05) is 0 Å². The van der Waals surface area contributed by atoms with Gasteiger partial charge >= 0.3 is 5.97 Å². The predicted molar refractivity (Wildman–Crippen MR) is 117 cm³/mol. The average Bonchev–Trinajstić information content (AvgIpc) is 2.68. The van der Waals surface area contributed by atoms with Gasteiger partial charge < -0.3 is 14.9 Å². The van der Waals surface area contributed by atoms with Gasteiger partial charge in [-0.1, -0.05) is 83.1 Å². The summed E-state index contributed by atoms with van der Waals surface area (Å²) in [4.78, 5) is 11.7. The van der Waals surface area contributed by atoms with E-state index in [9.17, 15) is 15.0 Å². The molecule has 2 unspecified atom stereocenters. The first-order valence-electron chi connectivity index (χ1n) is 11.5. The highest BCUT2D eigenvalue weighted by Gasteiger charge is 2.19. The molecule has 4 nitrogen and oxygen atoms in total. The van der Waals surface area contributed by atoms with Crippen LogP contribution in [0.2, 0.25) is 0 Å². The molecule has 0 aromatic rings. The quantitative estimate of drug-likeness (QED) is 0.118. The normalized spacial score (nSPS) is 14.0. The van der Waals surface area contributed by atoms with Crippen molar-refractivity contribution in [2.45, 2.75) is 123 Å². The minimum absolute atomic E-state index is 0.308. The van der Waals surface area contributed by atoms with E-state index in [1.807, 2.05) is 6.92 Å². The summed E-state index contributed by atoms with van der Waals surface area (Å²) in [5.74, 6) is -0.422. The van der Waals surface area contributed by atoms with Crippen molar-refractivity contribution in [1.29, 1.82) is 0 Å². The van der Waals surface area contributed by atoms with Crippen molar-refractivity contribution in [1.82, 2.24) is 0 Å². The van der Waals surface area contributed by atoms with Crippen LogP contribution in [0.3, 0.4) is 0 Å². The maximum Gasteiger partial charge on any atom is 0.308 e. The Bertz CT molecular complexity index is 403. The molecule has 0 amide bonds. The lowest BCUT2D eigenvalue weighted by molar-refractivity contribution is -0.187. The molecule has 0 rings (SSSR count). The number of carbonyl (C=O) groups excluding carboxylic acids is 1. The maximum atomic E-state index is 11.7. The second-order valence-electron chi connectivity index (χ2n) is 7.57. The Balaban J connectivity index is 3.46. The van der Waals surface area contributed by atoms with Crippen LogP contribution in [0.5, 0.6) is 0 Å². The van der Waals surface area contributed by atoms with Gasteiger partial charge in [-0.2, -0.15) is 0 Å². The van der Waals surface area contributed by atoms with E-state index in [0.29, 0.717) is 12.8 Å². The third-order valence-corrected chi connectivity index (χ3v) is 4.77. The number of unbranched alkanes of at least 4 members (excludes halogenated alkanes) is 9. The summed E-state index contributed by atoms with van der Waals surface area (Å²) in [6.07, 6.45) is 21.7. The Morgan fingerprint density at radius 3 is 2.00 bits per heavy atom. The molecular formula is C24H44O4. The van der Waals surface area contributed by atoms with Crippen LogP contribution in [0.4, 0.5) is 0 Å². The fraction of sp³-hybridized carbons (Fsp3) is 0.792. The molecule has 0 radical (unpaired) electrons. The van der Waals surface area contributed by atoms with Gasteiger partial charge in [0, 0.05) is 6.42 Å². The number of esters is 1.